The predicted molar refractivity (Wildman–Crippen MR) is 81.8 cm³/mol. The van der Waals surface area contributed by atoms with Crippen LogP contribution in [0.25, 0.3) is 0 Å². The number of carbonyl (C=O) groups is 2. The molecule has 0 spiro atoms. The lowest BCUT2D eigenvalue weighted by molar-refractivity contribution is 0.211. The Labute approximate surface area is 136 Å². The minimum atomic E-state index is -0.204. The molecule has 0 radical (unpaired) electrons. The lowest BCUT2D eigenvalue weighted by Gasteiger charge is -2.17. The normalized spacial score (nSPS) is 32.0. The highest BCUT2D eigenvalue weighted by atomic mass is 127. The molecular weight excluding hydrogens is 644 g/mol. The summed E-state index contributed by atoms with van der Waals surface area (Å²) in [5.74, 6) is 0. The van der Waals surface area contributed by atoms with Crippen molar-refractivity contribution in [1.82, 2.24) is 12.5 Å². The molecule has 6 nitrogen and oxygen atoms in total. The number of hydrogen-bond donors (Lipinski definition) is 0. The second kappa shape index (κ2) is 4.04. The fourth-order valence-electron chi connectivity index (χ4n) is 1.28. The number of halogens is 4. The molecule has 14 heavy (non-hydrogen) atoms. The highest BCUT2D eigenvalue weighted by Crippen LogP contribution is 2.41. The van der Waals surface area contributed by atoms with Crippen molar-refractivity contribution < 1.29 is 9.59 Å². The molecule has 2 fully saturated rings. The fourth-order valence-corrected chi connectivity index (χ4v) is 6.14. The number of amides is 4. The minimum Gasteiger partial charge on any atom is -0.247 e. The number of hydrogen-bond acceptors (Lipinski definition) is 2. The number of nitrogens with zero attached hydrogens (tertiary/aromatic N) is 4. The summed E-state index contributed by atoms with van der Waals surface area (Å²) in [6.45, 7) is 0. The maximum absolute atomic E-state index is 11.6. The quantitative estimate of drug-likeness (QED) is 0.301. The van der Waals surface area contributed by atoms with E-state index >= 15 is 0 Å². The first kappa shape index (κ1) is 11.9. The van der Waals surface area contributed by atoms with Gasteiger partial charge in [-0.25, -0.2) is 22.0 Å². The highest BCUT2D eigenvalue weighted by molar-refractivity contribution is 14.1. The van der Waals surface area contributed by atoms with Crippen LogP contribution in [-0.2, 0) is 0 Å². The fraction of sp³-hybridized carbons (Fsp3) is 0.500. The predicted octanol–water partition coefficient (Wildman–Crippen LogP) is 2.51. The first-order valence-electron chi connectivity index (χ1n) is 3.34. The van der Waals surface area contributed by atoms with Gasteiger partial charge >= 0.3 is 12.1 Å². The van der Waals surface area contributed by atoms with Gasteiger partial charge in [-0.2, -0.15) is 0 Å². The molecule has 0 N–H and O–H groups in total. The van der Waals surface area contributed by atoms with Crippen molar-refractivity contribution in [2.75, 3.05) is 0 Å². The lowest BCUT2D eigenvalue weighted by atomic mass is 10.4. The van der Waals surface area contributed by atoms with Crippen molar-refractivity contribution >= 4 is 104 Å². The van der Waals surface area contributed by atoms with E-state index in [1.54, 1.807) is 0 Å². The Balaban J connectivity index is 2.39. The molecule has 0 aromatic carbocycles. The zero-order valence-corrected chi connectivity index (χ0v) is 14.9. The molecular formula is C4H2I4N4O2. The van der Waals surface area contributed by atoms with E-state index in [1.165, 1.54) is 12.5 Å². The number of urea groups is 2. The van der Waals surface area contributed by atoms with Gasteiger partial charge in [0.1, 0.15) is 0 Å². The van der Waals surface area contributed by atoms with Crippen molar-refractivity contribution in [3.05, 3.63) is 0 Å². The Bertz CT molecular complexity index is 260. The average Bonchev–Trinajstić information content (AvgIpc) is 2.51. The zero-order chi connectivity index (χ0) is 10.6. The molecule has 10 heteroatoms. The maximum Gasteiger partial charge on any atom is 0.341 e. The van der Waals surface area contributed by atoms with E-state index in [0.717, 1.165) is 0 Å². The number of fused-ring (bicyclic) bond motifs is 1. The van der Waals surface area contributed by atoms with E-state index < -0.39 is 0 Å². The van der Waals surface area contributed by atoms with Crippen molar-refractivity contribution in [3.63, 3.8) is 0 Å². The van der Waals surface area contributed by atoms with E-state index in [4.69, 9.17) is 0 Å². The summed E-state index contributed by atoms with van der Waals surface area (Å²) < 4.78 is 6.16. The molecule has 2 rings (SSSR count). The number of carbonyl (C=O) groups excluding carboxylic acids is 2. The van der Waals surface area contributed by atoms with Gasteiger partial charge in [-0.1, -0.05) is 0 Å². The SMILES string of the molecule is O=C1N(I)C2C(N1I)N(I)C(=O)N2I. The smallest absolute Gasteiger partial charge is 0.247 e. The van der Waals surface area contributed by atoms with Crippen LogP contribution in [0.2, 0.25) is 0 Å². The first-order chi connectivity index (χ1) is 6.46. The first-order valence-corrected chi connectivity index (χ1v) is 7.20. The van der Waals surface area contributed by atoms with Crippen molar-refractivity contribution in [1.29, 1.82) is 0 Å². The summed E-state index contributed by atoms with van der Waals surface area (Å²) in [6, 6.07) is -0.172. The summed E-state index contributed by atoms with van der Waals surface area (Å²) in [5.41, 5.74) is 0. The van der Waals surface area contributed by atoms with Gasteiger partial charge in [0.15, 0.2) is 12.3 Å². The molecule has 2 saturated heterocycles. The van der Waals surface area contributed by atoms with Crippen LogP contribution in [0.1, 0.15) is 0 Å². The van der Waals surface area contributed by atoms with Crippen LogP contribution in [0.5, 0.6) is 0 Å². The molecule has 2 aliphatic rings. The van der Waals surface area contributed by atoms with E-state index in [-0.39, 0.29) is 24.4 Å². The van der Waals surface area contributed by atoms with Crippen LogP contribution in [0.4, 0.5) is 9.59 Å². The molecule has 78 valence electrons. The Morgan fingerprint density at radius 3 is 1.14 bits per heavy atom. The molecule has 0 saturated carbocycles. The second-order valence-electron chi connectivity index (χ2n) is 2.64. The third kappa shape index (κ3) is 1.49. The third-order valence-corrected chi connectivity index (χ3v) is 5.86. The van der Waals surface area contributed by atoms with Gasteiger partial charge in [0.2, 0.25) is 0 Å². The minimum absolute atomic E-state index is 0.0861. The molecule has 2 heterocycles. The highest BCUT2D eigenvalue weighted by Gasteiger charge is 2.58. The van der Waals surface area contributed by atoms with Gasteiger partial charge < -0.3 is 0 Å². The van der Waals surface area contributed by atoms with Crippen molar-refractivity contribution in [2.45, 2.75) is 12.3 Å². The second-order valence-corrected chi connectivity index (χ2v) is 6.80. The summed E-state index contributed by atoms with van der Waals surface area (Å²) in [5, 5.41) is 0. The van der Waals surface area contributed by atoms with Crippen molar-refractivity contribution in [3.8, 4) is 0 Å². The Morgan fingerprint density at radius 2 is 0.929 bits per heavy atom. The van der Waals surface area contributed by atoms with E-state index in [9.17, 15) is 9.59 Å². The van der Waals surface area contributed by atoms with Crippen LogP contribution < -0.4 is 0 Å². The summed E-state index contributed by atoms with van der Waals surface area (Å²) in [6.07, 6.45) is -0.407. The lowest BCUT2D eigenvalue weighted by Crippen LogP contribution is -2.36. The van der Waals surface area contributed by atoms with E-state index in [2.05, 4.69) is 0 Å². The molecule has 0 aromatic heterocycles. The van der Waals surface area contributed by atoms with Gasteiger partial charge in [-0.05, 0) is 0 Å². The van der Waals surface area contributed by atoms with Crippen LogP contribution in [0.15, 0.2) is 0 Å². The molecule has 0 aromatic rings. The van der Waals surface area contributed by atoms with Gasteiger partial charge in [0.25, 0.3) is 0 Å². The van der Waals surface area contributed by atoms with Gasteiger partial charge in [-0.3, -0.25) is 0 Å². The van der Waals surface area contributed by atoms with Crippen LogP contribution in [0.3, 0.4) is 0 Å². The Morgan fingerprint density at radius 1 is 0.714 bits per heavy atom. The summed E-state index contributed by atoms with van der Waals surface area (Å²) >= 11 is 7.74. The Kier molecular flexibility index (Phi) is 3.44. The molecule has 0 aliphatic carbocycles. The zero-order valence-electron chi connectivity index (χ0n) is 6.27. The summed E-state index contributed by atoms with van der Waals surface area (Å²) in [7, 11) is 0. The van der Waals surface area contributed by atoms with Crippen LogP contribution in [-0.4, -0.2) is 36.8 Å². The monoisotopic (exact) mass is 646 g/mol. The number of rotatable bonds is 0. The molecule has 0 atom stereocenters. The molecule has 4 amide bonds. The van der Waals surface area contributed by atoms with Gasteiger partial charge in [0, 0.05) is 0 Å². The maximum atomic E-state index is 11.6. The van der Waals surface area contributed by atoms with Gasteiger partial charge in [-0.15, -0.1) is 0 Å². The molecule has 0 bridgehead atoms. The van der Waals surface area contributed by atoms with Crippen LogP contribution in [0, 0.1) is 0 Å². The standard InChI is InChI=1S/C4H2I4N4O2/c5-9-1-2(11(7)3(9)13)12(8)4(14)10(1)6/h1-2H. The summed E-state index contributed by atoms with van der Waals surface area (Å²) in [4.78, 5) is 23.2. The molecule has 2 aliphatic heterocycles. The largest absolute Gasteiger partial charge is 0.341 e. The van der Waals surface area contributed by atoms with Crippen molar-refractivity contribution in [2.24, 2.45) is 0 Å². The molecule has 0 unspecified atom stereocenters. The van der Waals surface area contributed by atoms with E-state index in [0.29, 0.717) is 0 Å². The topological polar surface area (TPSA) is 47.1 Å². The van der Waals surface area contributed by atoms with Gasteiger partial charge in [0.05, 0.1) is 91.5 Å². The van der Waals surface area contributed by atoms with Crippen LogP contribution >= 0.6 is 91.5 Å². The average molecular weight is 646 g/mol. The Hall–Kier alpha value is 1.46. The third-order valence-electron chi connectivity index (χ3n) is 1.93. The van der Waals surface area contributed by atoms with E-state index in [1.807, 2.05) is 91.5 Å².